The monoisotopic (exact) mass is 450 g/mol. The molecular formula is C23H37NO5S. The molecule has 0 bridgehead atoms. The molecule has 0 saturated heterocycles. The van der Waals surface area contributed by atoms with E-state index in [0.29, 0.717) is 6.08 Å². The predicted molar refractivity (Wildman–Crippen MR) is 125 cm³/mol. The second kappa shape index (κ2) is 19.2. The van der Waals surface area contributed by atoms with Crippen LogP contribution >= 0.6 is 11.8 Å². The molecule has 170 valence electrons. The number of hydrogen-bond donors (Lipinski definition) is 4. The fourth-order valence-corrected chi connectivity index (χ4v) is 3.11. The summed E-state index contributed by atoms with van der Waals surface area (Å²) in [6.07, 6.45) is -3.20. The Labute approximate surface area is 200 Å². The molecule has 0 aliphatic heterocycles. The van der Waals surface area contributed by atoms with Crippen molar-refractivity contribution in [1.82, 2.24) is 0 Å². The molecule has 0 rings (SSSR count). The first kappa shape index (κ1) is 14.3. The third-order valence-corrected chi connectivity index (χ3v) is 4.90. The number of thioether (sulfide) groups is 1. The number of allylic oxidation sites excluding steroid dienone is 7. The molecule has 0 amide bonds. The molecule has 3 atom stereocenters. The lowest BCUT2D eigenvalue weighted by atomic mass is 10.1. The van der Waals surface area contributed by atoms with E-state index in [2.05, 4.69) is 0 Å². The zero-order valence-corrected chi connectivity index (χ0v) is 17.3. The van der Waals surface area contributed by atoms with E-state index in [1.165, 1.54) is 6.08 Å². The summed E-state index contributed by atoms with van der Waals surface area (Å²) in [6.45, 7) is -3.53. The lowest BCUT2D eigenvalue weighted by Crippen LogP contribution is -2.34. The van der Waals surface area contributed by atoms with Gasteiger partial charge in [0.2, 0.25) is 0 Å². The lowest BCUT2D eigenvalue weighted by molar-refractivity contribution is -0.138. The van der Waals surface area contributed by atoms with Crippen molar-refractivity contribution >= 4 is 23.7 Å². The maximum Gasteiger partial charge on any atom is 0.321 e. The van der Waals surface area contributed by atoms with Crippen LogP contribution in [-0.2, 0) is 9.59 Å². The highest BCUT2D eigenvalue weighted by Gasteiger charge is 2.20. The van der Waals surface area contributed by atoms with Gasteiger partial charge in [-0.15, -0.1) is 11.8 Å². The van der Waals surface area contributed by atoms with Crippen molar-refractivity contribution in [3.05, 3.63) is 48.6 Å². The number of rotatable bonds is 18. The van der Waals surface area contributed by atoms with Crippen molar-refractivity contribution in [3.8, 4) is 0 Å². The number of carboxylic acids is 2. The van der Waals surface area contributed by atoms with Crippen molar-refractivity contribution in [2.24, 2.45) is 5.73 Å². The van der Waals surface area contributed by atoms with Crippen LogP contribution in [0.4, 0.5) is 0 Å². The molecule has 0 aromatic heterocycles. The van der Waals surface area contributed by atoms with Crippen molar-refractivity contribution in [2.45, 2.75) is 75.4 Å². The standard InChI is InChI=1S/C23H37NO5S/c1-2-3-4-5-6-7-8-9-10-11-12-13-16-21(30-18-19(24)23(28)29)20(25)15-14-17-22(26)27/h6-7,9-13,16,19-21,25H,2-5,8,14-15,17-18,24H2,1H3,(H,26,27)(H,28,29)/b7-6-,10-9-,12-11+,16-13+/t19-,20-,21+/m0/s1/i1D3,2D2,3D2,4D2,5D2. The summed E-state index contributed by atoms with van der Waals surface area (Å²) >= 11 is 1.11. The Kier molecular flexibility index (Phi) is 9.11. The highest BCUT2D eigenvalue weighted by molar-refractivity contribution is 8.00. The zero-order valence-electron chi connectivity index (χ0n) is 27.5. The van der Waals surface area contributed by atoms with Gasteiger partial charge in [-0.3, -0.25) is 9.59 Å². The second-order valence-corrected chi connectivity index (χ2v) is 7.16. The zero-order chi connectivity index (χ0) is 32.3. The Morgan fingerprint density at radius 3 is 2.60 bits per heavy atom. The van der Waals surface area contributed by atoms with Crippen LogP contribution in [0.3, 0.4) is 0 Å². The number of aliphatic hydroxyl groups is 1. The number of hydrogen-bond acceptors (Lipinski definition) is 5. The molecule has 6 nitrogen and oxygen atoms in total. The van der Waals surface area contributed by atoms with E-state index in [9.17, 15) is 14.7 Å². The van der Waals surface area contributed by atoms with Gasteiger partial charge < -0.3 is 21.1 Å². The smallest absolute Gasteiger partial charge is 0.321 e. The Morgan fingerprint density at radius 1 is 1.13 bits per heavy atom. The van der Waals surface area contributed by atoms with E-state index in [-0.39, 0.29) is 31.4 Å². The fourth-order valence-electron chi connectivity index (χ4n) is 1.98. The summed E-state index contributed by atoms with van der Waals surface area (Å²) in [6, 6.07) is -1.14. The minimum Gasteiger partial charge on any atom is -0.481 e. The summed E-state index contributed by atoms with van der Waals surface area (Å²) in [5.74, 6) is -2.18. The van der Waals surface area contributed by atoms with Gasteiger partial charge in [0.1, 0.15) is 6.04 Å². The Morgan fingerprint density at radius 2 is 1.90 bits per heavy atom. The van der Waals surface area contributed by atoms with Gasteiger partial charge >= 0.3 is 11.9 Å². The van der Waals surface area contributed by atoms with Crippen LogP contribution in [0, 0.1) is 0 Å². The van der Waals surface area contributed by atoms with E-state index in [1.54, 1.807) is 36.5 Å². The van der Waals surface area contributed by atoms with Crippen LogP contribution in [-0.4, -0.2) is 50.4 Å². The first-order valence-corrected chi connectivity index (χ1v) is 10.3. The molecule has 0 saturated carbocycles. The van der Waals surface area contributed by atoms with Crippen LogP contribution in [0.1, 0.15) is 73.1 Å². The Balaban J connectivity index is 5.27. The number of nitrogens with two attached hydrogens (primary N) is 1. The quantitative estimate of drug-likeness (QED) is 0.181. The van der Waals surface area contributed by atoms with Crippen LogP contribution in [0.15, 0.2) is 48.6 Å². The maximum absolute atomic E-state index is 11.0. The molecule has 5 N–H and O–H groups in total. The van der Waals surface area contributed by atoms with Crippen molar-refractivity contribution in [2.75, 3.05) is 5.75 Å². The molecule has 7 heteroatoms. The molecule has 0 aromatic rings. The van der Waals surface area contributed by atoms with Gasteiger partial charge in [0, 0.05) is 32.5 Å². The SMILES string of the molecule is [2H]C([2H])([2H])C([2H])([2H])C([2H])([2H])C([2H])([2H])C([2H])([2H])/C=C\C\C=C/C=C/C=C/[C@@H](SC[C@H](N)C(=O)O)[C@@H](O)CCCC(=O)O. The maximum atomic E-state index is 11.0. The molecule has 0 radical (unpaired) electrons. The highest BCUT2D eigenvalue weighted by atomic mass is 32.2. The molecule has 0 fully saturated rings. The third kappa shape index (κ3) is 17.1. The molecule has 0 aromatic carbocycles. The second-order valence-electron chi connectivity index (χ2n) is 5.95. The minimum atomic E-state index is -3.71. The predicted octanol–water partition coefficient (Wildman–Crippen LogP) is 4.31. The van der Waals surface area contributed by atoms with Gasteiger partial charge in [-0.1, -0.05) is 68.2 Å². The fraction of sp³-hybridized carbons (Fsp3) is 0.565. The van der Waals surface area contributed by atoms with Gasteiger partial charge in [-0.2, -0.15) is 0 Å². The first-order chi connectivity index (χ1) is 18.5. The largest absolute Gasteiger partial charge is 0.481 e. The molecule has 0 spiro atoms. The lowest BCUT2D eigenvalue weighted by Gasteiger charge is -2.20. The molecule has 30 heavy (non-hydrogen) atoms. The summed E-state index contributed by atoms with van der Waals surface area (Å²) < 4.78 is 84.1. The summed E-state index contributed by atoms with van der Waals surface area (Å²) in [5.41, 5.74) is 5.51. The molecule has 0 aliphatic rings. The molecule has 0 unspecified atom stereocenters. The Bertz CT molecular complexity index is 982. The van der Waals surface area contributed by atoms with Gasteiger partial charge in [0.05, 0.1) is 6.10 Å². The van der Waals surface area contributed by atoms with Crippen molar-refractivity contribution in [3.63, 3.8) is 0 Å². The highest BCUT2D eigenvalue weighted by Crippen LogP contribution is 2.21. The molecule has 0 heterocycles. The van der Waals surface area contributed by atoms with Crippen LogP contribution in [0.25, 0.3) is 0 Å². The Hall–Kier alpha value is -1.83. The van der Waals surface area contributed by atoms with Crippen LogP contribution in [0.5, 0.6) is 0 Å². The van der Waals surface area contributed by atoms with Crippen LogP contribution in [0.2, 0.25) is 0 Å². The number of carboxylic acid groups (broad SMARTS) is 2. The average molecular weight is 451 g/mol. The normalized spacial score (nSPS) is 23.2. The average Bonchev–Trinajstić information content (AvgIpc) is 2.82. The topological polar surface area (TPSA) is 121 Å². The van der Waals surface area contributed by atoms with Crippen molar-refractivity contribution in [1.29, 1.82) is 0 Å². The molecule has 0 aliphatic carbocycles. The van der Waals surface area contributed by atoms with Gasteiger partial charge in [-0.05, 0) is 32.0 Å². The van der Waals surface area contributed by atoms with E-state index >= 15 is 0 Å². The van der Waals surface area contributed by atoms with Crippen molar-refractivity contribution < 1.29 is 40.0 Å². The summed E-state index contributed by atoms with van der Waals surface area (Å²) in [5, 5.41) is 27.6. The van der Waals surface area contributed by atoms with Gasteiger partial charge in [0.15, 0.2) is 0 Å². The number of aliphatic carboxylic acids is 2. The first-order valence-electron chi connectivity index (χ1n) is 14.7. The minimum absolute atomic E-state index is 0.0179. The van der Waals surface area contributed by atoms with Crippen LogP contribution < -0.4 is 5.73 Å². The summed E-state index contributed by atoms with van der Waals surface area (Å²) in [7, 11) is 0. The summed E-state index contributed by atoms with van der Waals surface area (Å²) in [4.78, 5) is 21.7. The third-order valence-electron chi connectivity index (χ3n) is 3.50. The number of aliphatic hydroxyl groups excluding tert-OH is 1. The van der Waals surface area contributed by atoms with E-state index in [1.807, 2.05) is 0 Å². The van der Waals surface area contributed by atoms with Gasteiger partial charge in [-0.25, -0.2) is 0 Å². The van der Waals surface area contributed by atoms with E-state index in [4.69, 9.17) is 31.0 Å². The molecular weight excluding hydrogens is 402 g/mol. The van der Waals surface area contributed by atoms with Gasteiger partial charge in [0.25, 0.3) is 0 Å². The van der Waals surface area contributed by atoms with E-state index < -0.39 is 61.7 Å². The van der Waals surface area contributed by atoms with E-state index in [0.717, 1.165) is 11.8 Å². The number of carbonyl (C=O) groups is 2.